The third-order valence-electron chi connectivity index (χ3n) is 0.925. The SMILES string of the molecule is Fc1cccnc1OC(F)F. The number of ether oxygens (including phenoxy) is 1. The average molecular weight is 163 g/mol. The maximum absolute atomic E-state index is 12.4. The molecule has 11 heavy (non-hydrogen) atoms. The average Bonchev–Trinajstić information content (AvgIpc) is 1.93. The van der Waals surface area contributed by atoms with Crippen LogP contribution < -0.4 is 4.74 Å². The molecule has 0 aromatic carbocycles. The monoisotopic (exact) mass is 163 g/mol. The second kappa shape index (κ2) is 3.23. The first-order chi connectivity index (χ1) is 5.20. The summed E-state index contributed by atoms with van der Waals surface area (Å²) in [5.41, 5.74) is 0. The van der Waals surface area contributed by atoms with Crippen LogP contribution in [0.15, 0.2) is 18.3 Å². The summed E-state index contributed by atoms with van der Waals surface area (Å²) in [6.07, 6.45) is 1.17. The molecule has 5 heteroatoms. The highest BCUT2D eigenvalue weighted by molar-refractivity contribution is 5.12. The van der Waals surface area contributed by atoms with Gasteiger partial charge in [-0.1, -0.05) is 0 Å². The highest BCUT2D eigenvalue weighted by atomic mass is 19.3. The van der Waals surface area contributed by atoms with Gasteiger partial charge in [-0.15, -0.1) is 0 Å². The van der Waals surface area contributed by atoms with Gasteiger partial charge in [0, 0.05) is 6.20 Å². The summed E-state index contributed by atoms with van der Waals surface area (Å²) in [6, 6.07) is 2.28. The summed E-state index contributed by atoms with van der Waals surface area (Å²) in [5, 5.41) is 0. The maximum atomic E-state index is 12.4. The van der Waals surface area contributed by atoms with Gasteiger partial charge in [0.05, 0.1) is 0 Å². The lowest BCUT2D eigenvalue weighted by Gasteiger charge is -2.01. The number of hydrogen-bond acceptors (Lipinski definition) is 2. The number of halogens is 3. The van der Waals surface area contributed by atoms with E-state index in [1.165, 1.54) is 12.3 Å². The Bertz CT molecular complexity index is 241. The zero-order chi connectivity index (χ0) is 8.27. The van der Waals surface area contributed by atoms with Gasteiger partial charge in [-0.25, -0.2) is 9.37 Å². The minimum atomic E-state index is -3.04. The van der Waals surface area contributed by atoms with E-state index in [9.17, 15) is 13.2 Å². The lowest BCUT2D eigenvalue weighted by atomic mass is 10.5. The largest absolute Gasteiger partial charge is 0.414 e. The predicted octanol–water partition coefficient (Wildman–Crippen LogP) is 1.82. The third-order valence-corrected chi connectivity index (χ3v) is 0.925. The molecule has 1 rings (SSSR count). The van der Waals surface area contributed by atoms with Crippen molar-refractivity contribution in [2.45, 2.75) is 6.61 Å². The standard InChI is InChI=1S/C6H4F3NO/c7-4-2-1-3-10-5(4)11-6(8)9/h1-3,6H. The minimum absolute atomic E-state index is 0.678. The van der Waals surface area contributed by atoms with Crippen molar-refractivity contribution in [1.29, 1.82) is 0 Å². The van der Waals surface area contributed by atoms with E-state index in [-0.39, 0.29) is 0 Å². The van der Waals surface area contributed by atoms with E-state index >= 15 is 0 Å². The molecule has 0 saturated carbocycles. The van der Waals surface area contributed by atoms with Crippen LogP contribution in [0.25, 0.3) is 0 Å². The Morgan fingerprint density at radius 3 is 2.73 bits per heavy atom. The van der Waals surface area contributed by atoms with Gasteiger partial charge in [0.2, 0.25) is 0 Å². The predicted molar refractivity (Wildman–Crippen MR) is 30.8 cm³/mol. The van der Waals surface area contributed by atoms with Crippen LogP contribution in [-0.4, -0.2) is 11.6 Å². The van der Waals surface area contributed by atoms with E-state index in [0.717, 1.165) is 6.07 Å². The van der Waals surface area contributed by atoms with Gasteiger partial charge >= 0.3 is 6.61 Å². The van der Waals surface area contributed by atoms with Gasteiger partial charge in [-0.05, 0) is 12.1 Å². The summed E-state index contributed by atoms with van der Waals surface area (Å²) in [4.78, 5) is 3.24. The van der Waals surface area contributed by atoms with E-state index in [0.29, 0.717) is 0 Å². The zero-order valence-corrected chi connectivity index (χ0v) is 5.30. The number of aromatic nitrogens is 1. The van der Waals surface area contributed by atoms with Crippen molar-refractivity contribution >= 4 is 0 Å². The Morgan fingerprint density at radius 2 is 2.18 bits per heavy atom. The first-order valence-electron chi connectivity index (χ1n) is 2.75. The molecule has 0 aliphatic rings. The Hall–Kier alpha value is -1.26. The molecule has 0 saturated heterocycles. The van der Waals surface area contributed by atoms with Crippen molar-refractivity contribution in [2.75, 3.05) is 0 Å². The molecule has 0 atom stereocenters. The molecule has 0 spiro atoms. The molecule has 1 aromatic heterocycles. The summed E-state index contributed by atoms with van der Waals surface area (Å²) < 4.78 is 39.1. The van der Waals surface area contributed by atoms with Crippen LogP contribution in [0.1, 0.15) is 0 Å². The first-order valence-corrected chi connectivity index (χ1v) is 2.75. The van der Waals surface area contributed by atoms with Crippen LogP contribution >= 0.6 is 0 Å². The quantitative estimate of drug-likeness (QED) is 0.663. The van der Waals surface area contributed by atoms with Gasteiger partial charge < -0.3 is 4.74 Å². The molecule has 1 heterocycles. The lowest BCUT2D eigenvalue weighted by Crippen LogP contribution is -2.04. The Balaban J connectivity index is 2.78. The zero-order valence-electron chi connectivity index (χ0n) is 5.30. The van der Waals surface area contributed by atoms with E-state index in [1.807, 2.05) is 0 Å². The van der Waals surface area contributed by atoms with Crippen molar-refractivity contribution in [2.24, 2.45) is 0 Å². The van der Waals surface area contributed by atoms with Crippen molar-refractivity contribution in [3.63, 3.8) is 0 Å². The molecule has 2 nitrogen and oxygen atoms in total. The van der Waals surface area contributed by atoms with E-state index in [4.69, 9.17) is 0 Å². The van der Waals surface area contributed by atoms with Crippen LogP contribution in [0, 0.1) is 5.82 Å². The summed E-state index contributed by atoms with van der Waals surface area (Å²) >= 11 is 0. The topological polar surface area (TPSA) is 22.1 Å². The van der Waals surface area contributed by atoms with Crippen LogP contribution in [0.4, 0.5) is 13.2 Å². The molecule has 0 fully saturated rings. The van der Waals surface area contributed by atoms with Crippen molar-refractivity contribution in [1.82, 2.24) is 4.98 Å². The van der Waals surface area contributed by atoms with Gasteiger partial charge in [0.15, 0.2) is 5.82 Å². The first kappa shape index (κ1) is 7.84. The number of hydrogen-bond donors (Lipinski definition) is 0. The molecule has 0 radical (unpaired) electrons. The number of alkyl halides is 2. The van der Waals surface area contributed by atoms with E-state index in [1.54, 1.807) is 0 Å². The molecule has 0 unspecified atom stereocenters. The van der Waals surface area contributed by atoms with E-state index in [2.05, 4.69) is 9.72 Å². The molecular formula is C6H4F3NO. The highest BCUT2D eigenvalue weighted by Crippen LogP contribution is 2.13. The maximum Gasteiger partial charge on any atom is 0.388 e. The van der Waals surface area contributed by atoms with Crippen LogP contribution in [-0.2, 0) is 0 Å². The third kappa shape index (κ3) is 2.10. The fourth-order valence-corrected chi connectivity index (χ4v) is 0.542. The summed E-state index contributed by atoms with van der Waals surface area (Å²) in [5.74, 6) is -1.57. The smallest absolute Gasteiger partial charge is 0.388 e. The van der Waals surface area contributed by atoms with Gasteiger partial charge in [0.25, 0.3) is 5.88 Å². The van der Waals surface area contributed by atoms with Crippen molar-refractivity contribution in [3.8, 4) is 5.88 Å². The van der Waals surface area contributed by atoms with Gasteiger partial charge in [0.1, 0.15) is 0 Å². The fourth-order valence-electron chi connectivity index (χ4n) is 0.542. The Labute approximate surface area is 60.6 Å². The number of nitrogens with zero attached hydrogens (tertiary/aromatic N) is 1. The van der Waals surface area contributed by atoms with Crippen molar-refractivity contribution < 1.29 is 17.9 Å². The number of rotatable bonds is 2. The molecule has 0 amide bonds. The lowest BCUT2D eigenvalue weighted by molar-refractivity contribution is -0.0553. The molecular weight excluding hydrogens is 159 g/mol. The summed E-state index contributed by atoms with van der Waals surface area (Å²) in [6.45, 7) is -3.04. The molecule has 0 aliphatic carbocycles. The molecule has 1 aromatic rings. The molecule has 60 valence electrons. The molecule has 0 bridgehead atoms. The second-order valence-electron chi connectivity index (χ2n) is 1.67. The Kier molecular flexibility index (Phi) is 2.30. The highest BCUT2D eigenvalue weighted by Gasteiger charge is 2.09. The van der Waals surface area contributed by atoms with Crippen LogP contribution in [0.3, 0.4) is 0 Å². The minimum Gasteiger partial charge on any atom is -0.414 e. The molecule has 0 aliphatic heterocycles. The molecule has 0 N–H and O–H groups in total. The fraction of sp³-hybridized carbons (Fsp3) is 0.167. The van der Waals surface area contributed by atoms with Gasteiger partial charge in [-0.3, -0.25) is 0 Å². The van der Waals surface area contributed by atoms with E-state index < -0.39 is 18.3 Å². The number of pyridine rings is 1. The van der Waals surface area contributed by atoms with Gasteiger partial charge in [-0.2, -0.15) is 8.78 Å². The van der Waals surface area contributed by atoms with Crippen LogP contribution in [0.5, 0.6) is 5.88 Å². The van der Waals surface area contributed by atoms with Crippen LogP contribution in [0.2, 0.25) is 0 Å². The van der Waals surface area contributed by atoms with Crippen molar-refractivity contribution in [3.05, 3.63) is 24.1 Å². The normalized spacial score (nSPS) is 10.2. The summed E-state index contributed by atoms with van der Waals surface area (Å²) in [7, 11) is 0. The second-order valence-corrected chi connectivity index (χ2v) is 1.67. The Morgan fingerprint density at radius 1 is 1.45 bits per heavy atom.